The number of carbonyl (C=O) groups is 6. The number of benzene rings is 3. The van der Waals surface area contributed by atoms with E-state index in [0.717, 1.165) is 25.7 Å². The first-order valence-corrected chi connectivity index (χ1v) is 21.7. The van der Waals surface area contributed by atoms with Crippen LogP contribution in [0, 0.1) is 29.5 Å². The second-order valence-electron chi connectivity index (χ2n) is 18.2. The number of hydrogen-bond acceptors (Lipinski definition) is 7. The van der Waals surface area contributed by atoms with Crippen molar-refractivity contribution in [1.29, 1.82) is 0 Å². The van der Waals surface area contributed by atoms with Gasteiger partial charge in [-0.2, -0.15) is 0 Å². The minimum Gasteiger partial charge on any atom is -0.465 e. The number of rotatable bonds is 9. The topological polar surface area (TPSA) is 229 Å². The van der Waals surface area contributed by atoms with E-state index in [9.17, 15) is 29.4 Å². The highest BCUT2D eigenvalue weighted by atomic mass is 19.1. The average Bonchev–Trinajstić information content (AvgIpc) is 4.08. The van der Waals surface area contributed by atoms with Crippen LogP contribution in [0.3, 0.4) is 0 Å². The number of nitrogens with two attached hydrogens (primary N) is 2. The molecule has 3 aromatic carbocycles. The Labute approximate surface area is 358 Å². The van der Waals surface area contributed by atoms with E-state index in [2.05, 4.69) is 10.6 Å². The van der Waals surface area contributed by atoms with E-state index in [1.807, 2.05) is 0 Å². The number of fused-ring (bicyclic) bond motifs is 6. The molecule has 0 aromatic heterocycles. The Bertz CT molecular complexity index is 2180. The zero-order valence-electron chi connectivity index (χ0n) is 34.4. The number of hydrogen-bond donors (Lipinski definition) is 6. The zero-order valence-corrected chi connectivity index (χ0v) is 34.4. The molecule has 326 valence electrons. The van der Waals surface area contributed by atoms with E-state index >= 15 is 14.0 Å². The lowest BCUT2D eigenvalue weighted by atomic mass is 9.74. The molecule has 6 amide bonds. The number of halogens is 1. The van der Waals surface area contributed by atoms with Crippen molar-refractivity contribution in [1.82, 2.24) is 20.4 Å². The molecule has 2 aliphatic carbocycles. The molecule has 2 saturated carbocycles. The summed E-state index contributed by atoms with van der Waals surface area (Å²) in [5, 5.41) is 26.6. The fourth-order valence-electron chi connectivity index (χ4n) is 12.9. The van der Waals surface area contributed by atoms with Crippen molar-refractivity contribution in [2.45, 2.75) is 99.5 Å². The molecule has 15 nitrogen and oxygen atoms in total. The monoisotopic (exact) mass is 849 g/mol. The molecule has 6 atom stereocenters. The summed E-state index contributed by atoms with van der Waals surface area (Å²) in [6.45, 7) is -0.154. The molecule has 3 aromatic rings. The van der Waals surface area contributed by atoms with E-state index in [4.69, 9.17) is 11.5 Å². The molecule has 0 radical (unpaired) electrons. The number of carbonyl (C=O) groups excluding carboxylic acids is 4. The van der Waals surface area contributed by atoms with Gasteiger partial charge >= 0.3 is 12.2 Å². The first-order valence-electron chi connectivity index (χ1n) is 21.7. The van der Waals surface area contributed by atoms with Crippen LogP contribution in [0.2, 0.25) is 0 Å². The quantitative estimate of drug-likeness (QED) is 0.178. The van der Waals surface area contributed by atoms with Gasteiger partial charge in [-0.15, -0.1) is 0 Å². The van der Waals surface area contributed by atoms with Crippen LogP contribution in [-0.4, -0.2) is 80.2 Å². The van der Waals surface area contributed by atoms with Gasteiger partial charge in [0.2, 0.25) is 11.8 Å². The van der Waals surface area contributed by atoms with Gasteiger partial charge in [0, 0.05) is 31.6 Å². The van der Waals surface area contributed by atoms with Crippen LogP contribution >= 0.6 is 0 Å². The highest BCUT2D eigenvalue weighted by Crippen LogP contribution is 2.57. The van der Waals surface area contributed by atoms with Crippen LogP contribution in [0.25, 0.3) is 0 Å². The van der Waals surface area contributed by atoms with Crippen LogP contribution in [0.4, 0.5) is 19.7 Å². The van der Waals surface area contributed by atoms with E-state index in [0.29, 0.717) is 47.9 Å². The standard InChI is InChI=1S/C46H52FN7O8/c47-33-17-19-34(20-18-33)54(43-25-27-9-13-31(14-10-27)45(50-41(59)60,29-5-1-2-6-29)39(57)52(43)23-21-35(43)37(48)55)44-26-28-11-15-32(16-12-28)46(51-42(61)62,30-7-3-4-8-30)40(58)53(44)24-22-36(44)38(49)56/h9-20,29-30,35-36,50-51H,1-8,21-26H2,(H2,48,55)(H2,49,56)(H,59,60)(H,61,62)/t35?,36?,43-,44?,45+,46?/m1/s1. The summed E-state index contributed by atoms with van der Waals surface area (Å²) >= 11 is 0. The van der Waals surface area contributed by atoms with Crippen LogP contribution in [0.1, 0.15) is 86.5 Å². The van der Waals surface area contributed by atoms with Crippen molar-refractivity contribution in [3.63, 3.8) is 0 Å². The molecular weight excluding hydrogens is 798 g/mol. The third-order valence-electron chi connectivity index (χ3n) is 15.3. The van der Waals surface area contributed by atoms with Gasteiger partial charge in [-0.3, -0.25) is 19.2 Å². The van der Waals surface area contributed by atoms with Crippen molar-refractivity contribution >= 4 is 41.5 Å². The average molecular weight is 850 g/mol. The van der Waals surface area contributed by atoms with Gasteiger partial charge in [-0.1, -0.05) is 74.2 Å². The molecule has 6 aliphatic heterocycles. The summed E-state index contributed by atoms with van der Waals surface area (Å²) in [5.74, 6) is -6.85. The smallest absolute Gasteiger partial charge is 0.405 e. The first-order chi connectivity index (χ1) is 29.7. The third-order valence-corrected chi connectivity index (χ3v) is 15.3. The molecular formula is C46H52FN7O8. The van der Waals surface area contributed by atoms with Crippen LogP contribution in [-0.2, 0) is 43.1 Å². The fraction of sp³-hybridized carbons (Fsp3) is 0.478. The van der Waals surface area contributed by atoms with E-state index < -0.39 is 87.7 Å². The predicted octanol–water partition coefficient (Wildman–Crippen LogP) is 4.51. The second-order valence-corrected chi connectivity index (χ2v) is 18.2. The number of nitrogens with zero attached hydrogens (tertiary/aromatic N) is 3. The lowest BCUT2D eigenvalue weighted by Gasteiger charge is -2.62. The number of carboxylic acid groups (broad SMARTS) is 2. The van der Waals surface area contributed by atoms with E-state index in [1.54, 1.807) is 53.4 Å². The Hall–Kier alpha value is -6.19. The Balaban J connectivity index is 1.40. The van der Waals surface area contributed by atoms with Gasteiger partial charge in [0.15, 0.2) is 11.1 Å². The number of amides is 6. The highest BCUT2D eigenvalue weighted by Gasteiger charge is 2.71. The number of nitrogens with one attached hydrogen (secondary N) is 2. The zero-order chi connectivity index (χ0) is 43.8. The van der Waals surface area contributed by atoms with Gasteiger partial charge in [0.05, 0.1) is 11.8 Å². The third kappa shape index (κ3) is 5.88. The molecule has 4 unspecified atom stereocenters. The Morgan fingerprint density at radius 3 is 1.31 bits per heavy atom. The SMILES string of the molecule is NC(=O)C1CCN2C(=O)C(NC(=O)O)(C3CCCC3)c3ccc(cc3)CC12N(c1ccc(F)cc1)[C@@]12Cc3ccc(cc3)[C@@](NC(=O)O)(C3CCCC3)C(=O)N1CCC2C(N)=O. The summed E-state index contributed by atoms with van der Waals surface area (Å²) in [4.78, 5) is 92.1. The highest BCUT2D eigenvalue weighted by molar-refractivity contribution is 5.97. The predicted molar refractivity (Wildman–Crippen MR) is 222 cm³/mol. The Morgan fingerprint density at radius 1 is 0.597 bits per heavy atom. The maximum Gasteiger partial charge on any atom is 0.405 e. The minimum atomic E-state index is -1.91. The maximum atomic E-state index is 16.3. The van der Waals surface area contributed by atoms with E-state index in [1.165, 1.54) is 34.1 Å². The molecule has 0 spiro atoms. The largest absolute Gasteiger partial charge is 0.465 e. The fourth-order valence-corrected chi connectivity index (χ4v) is 12.9. The summed E-state index contributed by atoms with van der Waals surface area (Å²) < 4.78 is 15.2. The maximum absolute atomic E-state index is 16.3. The molecule has 8 aliphatic rings. The van der Waals surface area contributed by atoms with Gasteiger partial charge in [-0.05, 0) is 96.9 Å². The normalized spacial score (nSPS) is 30.7. The van der Waals surface area contributed by atoms with Crippen molar-refractivity contribution in [3.8, 4) is 0 Å². The van der Waals surface area contributed by atoms with Crippen molar-refractivity contribution in [2.24, 2.45) is 35.1 Å². The molecule has 4 bridgehead atoms. The number of anilines is 1. The van der Waals surface area contributed by atoms with Gasteiger partial charge in [-0.25, -0.2) is 14.0 Å². The van der Waals surface area contributed by atoms with Gasteiger partial charge < -0.3 is 47.0 Å². The molecule has 4 fully saturated rings. The summed E-state index contributed by atoms with van der Waals surface area (Å²) in [5.41, 5.74) is 7.83. The molecule has 11 rings (SSSR count). The molecule has 62 heavy (non-hydrogen) atoms. The lowest BCUT2D eigenvalue weighted by molar-refractivity contribution is -0.154. The van der Waals surface area contributed by atoms with Crippen LogP contribution in [0.15, 0.2) is 72.8 Å². The summed E-state index contributed by atoms with van der Waals surface area (Å²) in [6, 6.07) is 19.5. The Morgan fingerprint density at radius 2 is 0.968 bits per heavy atom. The van der Waals surface area contributed by atoms with E-state index in [-0.39, 0.29) is 44.5 Å². The lowest BCUT2D eigenvalue weighted by Crippen LogP contribution is -2.80. The molecule has 8 N–H and O–H groups in total. The summed E-state index contributed by atoms with van der Waals surface area (Å²) in [7, 11) is 0. The number of primary amides is 2. The minimum absolute atomic E-state index is 0.0226. The van der Waals surface area contributed by atoms with Crippen LogP contribution < -0.4 is 27.0 Å². The van der Waals surface area contributed by atoms with Gasteiger partial charge in [0.25, 0.3) is 11.8 Å². The van der Waals surface area contributed by atoms with Crippen molar-refractivity contribution in [2.75, 3.05) is 18.0 Å². The molecule has 6 heterocycles. The van der Waals surface area contributed by atoms with Crippen molar-refractivity contribution < 1.29 is 43.4 Å². The molecule has 2 saturated heterocycles. The molecule has 16 heteroatoms. The second kappa shape index (κ2) is 15.0. The summed E-state index contributed by atoms with van der Waals surface area (Å²) in [6.07, 6.45) is 2.12. The van der Waals surface area contributed by atoms with Crippen molar-refractivity contribution in [3.05, 3.63) is 101 Å². The Kier molecular flexibility index (Phi) is 9.97. The first kappa shape index (κ1) is 41.2. The van der Waals surface area contributed by atoms with Gasteiger partial charge in [0.1, 0.15) is 17.1 Å². The van der Waals surface area contributed by atoms with Crippen LogP contribution in [0.5, 0.6) is 0 Å².